The number of hydrogen-bond donors (Lipinski definition) is 0. The van der Waals surface area contributed by atoms with Gasteiger partial charge in [0.2, 0.25) is 0 Å². The van der Waals surface area contributed by atoms with Crippen molar-refractivity contribution in [2.75, 3.05) is 13.2 Å². The number of nitro groups is 1. The minimum absolute atomic E-state index is 0.0517. The van der Waals surface area contributed by atoms with Crippen LogP contribution in [-0.2, 0) is 11.3 Å². The molecule has 0 aliphatic carbocycles. The van der Waals surface area contributed by atoms with Gasteiger partial charge in [0.1, 0.15) is 12.4 Å². The summed E-state index contributed by atoms with van der Waals surface area (Å²) in [6.07, 6.45) is 3.57. The quantitative estimate of drug-likeness (QED) is 0.162. The highest BCUT2D eigenvalue weighted by Crippen LogP contribution is 2.34. The van der Waals surface area contributed by atoms with Crippen LogP contribution in [0.3, 0.4) is 0 Å². The highest BCUT2D eigenvalue weighted by atomic mass is 32.2. The molecule has 0 saturated carbocycles. The Labute approximate surface area is 217 Å². The minimum Gasteiger partial charge on any atom is -0.492 e. The number of hydrogen-bond acceptors (Lipinski definition) is 6. The van der Waals surface area contributed by atoms with E-state index in [2.05, 4.69) is 0 Å². The molecule has 0 radical (unpaired) electrons. The number of fused-ring (bicyclic) bond motifs is 1. The molecular formula is C28H23N3O5S. The number of amides is 2. The predicted molar refractivity (Wildman–Crippen MR) is 143 cm³/mol. The fourth-order valence-electron chi connectivity index (χ4n) is 4.25. The fourth-order valence-corrected chi connectivity index (χ4v) is 5.11. The first-order chi connectivity index (χ1) is 17.9. The number of rotatable bonds is 8. The second-order valence-electron chi connectivity index (χ2n) is 8.61. The molecule has 5 rings (SSSR count). The van der Waals surface area contributed by atoms with Gasteiger partial charge in [0.05, 0.1) is 22.9 Å². The van der Waals surface area contributed by atoms with E-state index in [1.807, 2.05) is 66.2 Å². The maximum atomic E-state index is 13.0. The molecule has 1 aliphatic heterocycles. The first-order valence-electron chi connectivity index (χ1n) is 11.7. The molecule has 37 heavy (non-hydrogen) atoms. The Bertz CT molecular complexity index is 1540. The predicted octanol–water partition coefficient (Wildman–Crippen LogP) is 6.02. The van der Waals surface area contributed by atoms with Gasteiger partial charge in [-0.15, -0.1) is 0 Å². The molecule has 1 aromatic heterocycles. The van der Waals surface area contributed by atoms with Crippen molar-refractivity contribution in [3.63, 3.8) is 0 Å². The van der Waals surface area contributed by atoms with Crippen molar-refractivity contribution in [3.8, 4) is 5.75 Å². The number of nitro benzene ring substituents is 1. The molecule has 1 aliphatic rings. The van der Waals surface area contributed by atoms with Gasteiger partial charge in [0.15, 0.2) is 0 Å². The highest BCUT2D eigenvalue weighted by Gasteiger charge is 2.35. The Morgan fingerprint density at radius 3 is 2.51 bits per heavy atom. The van der Waals surface area contributed by atoms with Gasteiger partial charge in [-0.2, -0.15) is 0 Å². The van der Waals surface area contributed by atoms with Crippen LogP contribution in [0.25, 0.3) is 17.0 Å². The molecule has 2 heterocycles. The molecule has 2 amide bonds. The number of thioether (sulfide) groups is 1. The SMILES string of the molecule is Cc1ccc(OCCN2C(=O)S/C(=C\c3cn(Cc4ccccc4[N+](=O)[O-])c4ccccc34)C2=O)cc1. The van der Waals surface area contributed by atoms with Crippen LogP contribution in [0.5, 0.6) is 5.75 Å². The van der Waals surface area contributed by atoms with E-state index in [0.717, 1.165) is 33.8 Å². The molecule has 1 saturated heterocycles. The number of imide groups is 1. The molecule has 0 spiro atoms. The van der Waals surface area contributed by atoms with Crippen LogP contribution >= 0.6 is 11.8 Å². The van der Waals surface area contributed by atoms with E-state index in [9.17, 15) is 19.7 Å². The van der Waals surface area contributed by atoms with Crippen molar-refractivity contribution >= 4 is 45.6 Å². The Morgan fingerprint density at radius 2 is 1.73 bits per heavy atom. The Hall–Kier alpha value is -4.37. The summed E-state index contributed by atoms with van der Waals surface area (Å²) in [6.45, 7) is 2.63. The maximum Gasteiger partial charge on any atom is 0.293 e. The normalized spacial score (nSPS) is 14.6. The maximum absolute atomic E-state index is 13.0. The standard InChI is InChI=1S/C28H23N3O5S/c1-19-10-12-22(13-11-19)36-15-14-30-27(32)26(37-28(30)33)16-21-18-29(25-9-5-3-7-23(21)25)17-20-6-2-4-8-24(20)31(34)35/h2-13,16,18H,14-15,17H2,1H3/b26-16-. The molecule has 0 atom stereocenters. The van der Waals surface area contributed by atoms with Crippen LogP contribution in [0.4, 0.5) is 10.5 Å². The number of nitrogens with zero attached hydrogens (tertiary/aromatic N) is 3. The van der Waals surface area contributed by atoms with Crippen molar-refractivity contribution in [2.24, 2.45) is 0 Å². The van der Waals surface area contributed by atoms with Crippen LogP contribution in [0.1, 0.15) is 16.7 Å². The summed E-state index contributed by atoms with van der Waals surface area (Å²) in [7, 11) is 0. The smallest absolute Gasteiger partial charge is 0.293 e. The van der Waals surface area contributed by atoms with E-state index < -0.39 is 0 Å². The van der Waals surface area contributed by atoms with Crippen molar-refractivity contribution < 1.29 is 19.2 Å². The van der Waals surface area contributed by atoms with Gasteiger partial charge in [-0.05, 0) is 43.0 Å². The van der Waals surface area contributed by atoms with E-state index in [1.165, 1.54) is 11.0 Å². The first-order valence-corrected chi connectivity index (χ1v) is 12.5. The second kappa shape index (κ2) is 10.3. The summed E-state index contributed by atoms with van der Waals surface area (Å²) < 4.78 is 7.61. The van der Waals surface area contributed by atoms with E-state index in [4.69, 9.17) is 4.74 Å². The van der Waals surface area contributed by atoms with Crippen LogP contribution < -0.4 is 4.74 Å². The fraction of sp³-hybridized carbons (Fsp3) is 0.143. The van der Waals surface area contributed by atoms with Gasteiger partial charge in [-0.25, -0.2) is 0 Å². The van der Waals surface area contributed by atoms with Gasteiger partial charge < -0.3 is 9.30 Å². The molecular weight excluding hydrogens is 490 g/mol. The molecule has 0 unspecified atom stereocenters. The lowest BCUT2D eigenvalue weighted by Crippen LogP contribution is -2.32. The lowest BCUT2D eigenvalue weighted by Gasteiger charge is -2.13. The second-order valence-corrected chi connectivity index (χ2v) is 9.60. The largest absolute Gasteiger partial charge is 0.492 e. The van der Waals surface area contributed by atoms with Crippen LogP contribution in [0.2, 0.25) is 0 Å². The van der Waals surface area contributed by atoms with Gasteiger partial charge in [-0.3, -0.25) is 24.6 Å². The average molecular weight is 514 g/mol. The number of aromatic nitrogens is 1. The van der Waals surface area contributed by atoms with E-state index >= 15 is 0 Å². The minimum atomic E-state index is -0.388. The van der Waals surface area contributed by atoms with Crippen LogP contribution in [0, 0.1) is 17.0 Å². The van der Waals surface area contributed by atoms with Crippen molar-refractivity contribution in [3.05, 3.63) is 111 Å². The van der Waals surface area contributed by atoms with E-state index in [1.54, 1.807) is 24.3 Å². The summed E-state index contributed by atoms with van der Waals surface area (Å²) in [5.41, 5.74) is 3.38. The number of carbonyl (C=O) groups is 2. The highest BCUT2D eigenvalue weighted by molar-refractivity contribution is 8.18. The molecule has 8 nitrogen and oxygen atoms in total. The topological polar surface area (TPSA) is 94.7 Å². The van der Waals surface area contributed by atoms with E-state index in [-0.39, 0.29) is 34.9 Å². The average Bonchev–Trinajstić information content (AvgIpc) is 3.37. The molecule has 4 aromatic rings. The molecule has 9 heteroatoms. The monoisotopic (exact) mass is 513 g/mol. The number of para-hydroxylation sites is 2. The van der Waals surface area contributed by atoms with Crippen LogP contribution in [-0.4, -0.2) is 38.7 Å². The summed E-state index contributed by atoms with van der Waals surface area (Å²) in [4.78, 5) is 38.2. The zero-order valence-corrected chi connectivity index (χ0v) is 20.8. The summed E-state index contributed by atoms with van der Waals surface area (Å²) >= 11 is 0.897. The first kappa shape index (κ1) is 24.3. The Morgan fingerprint density at radius 1 is 1.00 bits per heavy atom. The Balaban J connectivity index is 1.37. The summed E-state index contributed by atoms with van der Waals surface area (Å²) in [5, 5.41) is 12.0. The van der Waals surface area contributed by atoms with Crippen molar-refractivity contribution in [2.45, 2.75) is 13.5 Å². The molecule has 1 fully saturated rings. The van der Waals surface area contributed by atoms with Crippen molar-refractivity contribution in [1.29, 1.82) is 0 Å². The third kappa shape index (κ3) is 5.12. The van der Waals surface area contributed by atoms with Gasteiger partial charge in [0.25, 0.3) is 16.8 Å². The lowest BCUT2D eigenvalue weighted by molar-refractivity contribution is -0.385. The molecule has 0 N–H and O–H groups in total. The number of aryl methyl sites for hydroxylation is 1. The van der Waals surface area contributed by atoms with Gasteiger partial charge in [-0.1, -0.05) is 54.1 Å². The molecule has 0 bridgehead atoms. The third-order valence-corrected chi connectivity index (χ3v) is 7.02. The number of benzene rings is 3. The molecule has 186 valence electrons. The van der Waals surface area contributed by atoms with Gasteiger partial charge in [0, 0.05) is 34.3 Å². The zero-order valence-electron chi connectivity index (χ0n) is 20.0. The number of carbonyl (C=O) groups excluding carboxylic acids is 2. The van der Waals surface area contributed by atoms with E-state index in [0.29, 0.717) is 22.8 Å². The summed E-state index contributed by atoms with van der Waals surface area (Å²) in [6, 6.07) is 21.8. The molecule has 3 aromatic carbocycles. The number of ether oxygens (including phenoxy) is 1. The Kier molecular flexibility index (Phi) is 6.78. The van der Waals surface area contributed by atoms with Crippen molar-refractivity contribution in [1.82, 2.24) is 9.47 Å². The van der Waals surface area contributed by atoms with Gasteiger partial charge >= 0.3 is 0 Å². The summed E-state index contributed by atoms with van der Waals surface area (Å²) in [5.74, 6) is 0.317. The van der Waals surface area contributed by atoms with Crippen LogP contribution in [0.15, 0.2) is 83.9 Å². The third-order valence-electron chi connectivity index (χ3n) is 6.11. The zero-order chi connectivity index (χ0) is 25.9. The lowest BCUT2D eigenvalue weighted by atomic mass is 10.1.